The zero-order valence-corrected chi connectivity index (χ0v) is 14.9. The Bertz CT molecular complexity index is 773. The van der Waals surface area contributed by atoms with E-state index in [0.717, 1.165) is 0 Å². The second kappa shape index (κ2) is 7.68. The van der Waals surface area contributed by atoms with E-state index in [0.29, 0.717) is 28.6 Å². The SMILES string of the molecule is CCc1noc(C)c1C(=O)O[C@H](C)C(=O)Nc1cccc(Cl)c1Cl. The van der Waals surface area contributed by atoms with Crippen molar-refractivity contribution in [3.63, 3.8) is 0 Å². The molecule has 0 saturated heterocycles. The predicted molar refractivity (Wildman–Crippen MR) is 90.6 cm³/mol. The molecule has 0 saturated carbocycles. The number of rotatable bonds is 5. The van der Waals surface area contributed by atoms with E-state index in [1.54, 1.807) is 25.1 Å². The van der Waals surface area contributed by atoms with E-state index in [1.165, 1.54) is 6.92 Å². The first-order valence-electron chi connectivity index (χ1n) is 7.26. The van der Waals surface area contributed by atoms with Gasteiger partial charge in [0.2, 0.25) is 0 Å². The molecule has 0 aliphatic carbocycles. The topological polar surface area (TPSA) is 81.4 Å². The number of nitrogens with zero attached hydrogens (tertiary/aromatic N) is 1. The van der Waals surface area contributed by atoms with Crippen LogP contribution in [0.3, 0.4) is 0 Å². The number of aryl methyl sites for hydroxylation is 2. The van der Waals surface area contributed by atoms with Crippen LogP contribution < -0.4 is 5.32 Å². The third kappa shape index (κ3) is 3.88. The molecule has 6 nitrogen and oxygen atoms in total. The summed E-state index contributed by atoms with van der Waals surface area (Å²) in [6.45, 7) is 4.91. The average Bonchev–Trinajstić information content (AvgIpc) is 2.92. The van der Waals surface area contributed by atoms with Crippen LogP contribution in [0.5, 0.6) is 0 Å². The normalized spacial score (nSPS) is 11.9. The lowest BCUT2D eigenvalue weighted by Crippen LogP contribution is -2.30. The Morgan fingerprint density at radius 1 is 1.38 bits per heavy atom. The van der Waals surface area contributed by atoms with Gasteiger partial charge in [-0.3, -0.25) is 4.79 Å². The molecule has 8 heteroatoms. The first-order chi connectivity index (χ1) is 11.3. The monoisotopic (exact) mass is 370 g/mol. The van der Waals surface area contributed by atoms with Gasteiger partial charge in [-0.25, -0.2) is 4.79 Å². The highest BCUT2D eigenvalue weighted by Crippen LogP contribution is 2.29. The summed E-state index contributed by atoms with van der Waals surface area (Å²) in [7, 11) is 0. The van der Waals surface area contributed by atoms with Crippen LogP contribution in [-0.4, -0.2) is 23.1 Å². The number of amides is 1. The van der Waals surface area contributed by atoms with Gasteiger partial charge in [-0.15, -0.1) is 0 Å². The average molecular weight is 371 g/mol. The number of hydrogen-bond donors (Lipinski definition) is 1. The van der Waals surface area contributed by atoms with Crippen molar-refractivity contribution in [1.29, 1.82) is 0 Å². The Balaban J connectivity index is 2.07. The van der Waals surface area contributed by atoms with Crippen molar-refractivity contribution in [3.8, 4) is 0 Å². The molecule has 0 unspecified atom stereocenters. The molecule has 1 heterocycles. The molecule has 0 fully saturated rings. The summed E-state index contributed by atoms with van der Waals surface area (Å²) in [5.74, 6) is -0.840. The predicted octanol–water partition coefficient (Wildman–Crippen LogP) is 4.04. The van der Waals surface area contributed by atoms with E-state index in [-0.39, 0.29) is 10.6 Å². The smallest absolute Gasteiger partial charge is 0.344 e. The summed E-state index contributed by atoms with van der Waals surface area (Å²) in [4.78, 5) is 24.4. The number of halogens is 2. The number of ether oxygens (including phenoxy) is 1. The largest absolute Gasteiger partial charge is 0.449 e. The number of hydrogen-bond acceptors (Lipinski definition) is 5. The van der Waals surface area contributed by atoms with E-state index in [2.05, 4.69) is 10.5 Å². The maximum absolute atomic E-state index is 12.2. The van der Waals surface area contributed by atoms with Gasteiger partial charge in [-0.2, -0.15) is 0 Å². The number of benzene rings is 1. The van der Waals surface area contributed by atoms with Gasteiger partial charge in [0.05, 0.1) is 21.4 Å². The number of carbonyl (C=O) groups excluding carboxylic acids is 2. The Morgan fingerprint density at radius 3 is 2.75 bits per heavy atom. The lowest BCUT2D eigenvalue weighted by atomic mass is 10.1. The van der Waals surface area contributed by atoms with Crippen LogP contribution in [-0.2, 0) is 16.0 Å². The van der Waals surface area contributed by atoms with Gasteiger partial charge in [0.25, 0.3) is 5.91 Å². The first-order valence-corrected chi connectivity index (χ1v) is 8.01. The Kier molecular flexibility index (Phi) is 5.85. The summed E-state index contributed by atoms with van der Waals surface area (Å²) in [6, 6.07) is 4.85. The molecule has 0 bridgehead atoms. The van der Waals surface area contributed by atoms with Crippen molar-refractivity contribution in [2.45, 2.75) is 33.3 Å². The molecule has 0 aliphatic heterocycles. The number of carbonyl (C=O) groups is 2. The summed E-state index contributed by atoms with van der Waals surface area (Å²) >= 11 is 11.9. The number of nitrogens with one attached hydrogen (secondary N) is 1. The van der Waals surface area contributed by atoms with Gasteiger partial charge in [-0.1, -0.05) is 41.3 Å². The summed E-state index contributed by atoms with van der Waals surface area (Å²) < 4.78 is 10.2. The van der Waals surface area contributed by atoms with Crippen molar-refractivity contribution in [1.82, 2.24) is 5.16 Å². The third-order valence-corrected chi connectivity index (χ3v) is 4.15. The Hall–Kier alpha value is -2.05. The molecule has 1 aromatic carbocycles. The van der Waals surface area contributed by atoms with Gasteiger partial charge in [-0.05, 0) is 32.4 Å². The first kappa shape index (κ1) is 18.3. The number of aromatic nitrogens is 1. The molecule has 1 aromatic heterocycles. The zero-order valence-electron chi connectivity index (χ0n) is 13.4. The van der Waals surface area contributed by atoms with E-state index in [1.807, 2.05) is 6.92 Å². The van der Waals surface area contributed by atoms with E-state index in [9.17, 15) is 9.59 Å². The van der Waals surface area contributed by atoms with Crippen LogP contribution in [0.2, 0.25) is 10.0 Å². The van der Waals surface area contributed by atoms with Crippen molar-refractivity contribution >= 4 is 40.8 Å². The van der Waals surface area contributed by atoms with E-state index >= 15 is 0 Å². The Labute approximate surface area is 149 Å². The van der Waals surface area contributed by atoms with Crippen molar-refractivity contribution in [3.05, 3.63) is 45.3 Å². The van der Waals surface area contributed by atoms with Crippen LogP contribution in [0.25, 0.3) is 0 Å². The highest BCUT2D eigenvalue weighted by atomic mass is 35.5. The maximum atomic E-state index is 12.2. The summed E-state index contributed by atoms with van der Waals surface area (Å²) in [5.41, 5.74) is 1.08. The van der Waals surface area contributed by atoms with Crippen LogP contribution in [0, 0.1) is 6.92 Å². The highest BCUT2D eigenvalue weighted by Gasteiger charge is 2.25. The van der Waals surface area contributed by atoms with Crippen LogP contribution in [0.1, 0.15) is 35.7 Å². The lowest BCUT2D eigenvalue weighted by molar-refractivity contribution is -0.123. The third-order valence-electron chi connectivity index (χ3n) is 3.33. The quantitative estimate of drug-likeness (QED) is 0.803. The molecule has 128 valence electrons. The molecule has 24 heavy (non-hydrogen) atoms. The zero-order chi connectivity index (χ0) is 17.9. The van der Waals surface area contributed by atoms with Gasteiger partial charge >= 0.3 is 5.97 Å². The minimum atomic E-state index is -1.04. The highest BCUT2D eigenvalue weighted by molar-refractivity contribution is 6.44. The second-order valence-electron chi connectivity index (χ2n) is 5.05. The molecule has 1 atom stereocenters. The van der Waals surface area contributed by atoms with Gasteiger partial charge in [0, 0.05) is 0 Å². The number of esters is 1. The van der Waals surface area contributed by atoms with Gasteiger partial charge in [0.15, 0.2) is 6.10 Å². The molecule has 0 spiro atoms. The molecule has 1 amide bonds. The summed E-state index contributed by atoms with van der Waals surface area (Å²) in [6.07, 6.45) is -0.521. The van der Waals surface area contributed by atoms with Crippen LogP contribution >= 0.6 is 23.2 Å². The van der Waals surface area contributed by atoms with Gasteiger partial charge < -0.3 is 14.6 Å². The fourth-order valence-electron chi connectivity index (χ4n) is 2.03. The molecule has 0 radical (unpaired) electrons. The molecule has 2 rings (SSSR count). The molecule has 2 aromatic rings. The minimum Gasteiger partial charge on any atom is -0.449 e. The molecule has 1 N–H and O–H groups in total. The van der Waals surface area contributed by atoms with E-state index in [4.69, 9.17) is 32.5 Å². The van der Waals surface area contributed by atoms with E-state index < -0.39 is 18.0 Å². The van der Waals surface area contributed by atoms with Gasteiger partial charge in [0.1, 0.15) is 11.3 Å². The standard InChI is InChI=1S/C16H16Cl2N2O4/c1-4-11-13(8(2)24-20-11)16(22)23-9(3)15(21)19-12-7-5-6-10(17)14(12)18/h5-7,9H,4H2,1-3H3,(H,19,21)/t9-/m1/s1. The summed E-state index contributed by atoms with van der Waals surface area (Å²) in [5, 5.41) is 6.89. The minimum absolute atomic E-state index is 0.217. The maximum Gasteiger partial charge on any atom is 0.344 e. The van der Waals surface area contributed by atoms with Crippen molar-refractivity contribution in [2.75, 3.05) is 5.32 Å². The lowest BCUT2D eigenvalue weighted by Gasteiger charge is -2.14. The molecular weight excluding hydrogens is 355 g/mol. The van der Waals surface area contributed by atoms with Crippen molar-refractivity contribution < 1.29 is 18.8 Å². The molecule has 0 aliphatic rings. The second-order valence-corrected chi connectivity index (χ2v) is 5.84. The molecular formula is C16H16Cl2N2O4. The van der Waals surface area contributed by atoms with Crippen LogP contribution in [0.4, 0.5) is 5.69 Å². The fourth-order valence-corrected chi connectivity index (χ4v) is 2.38. The fraction of sp³-hybridized carbons (Fsp3) is 0.312. The Morgan fingerprint density at radius 2 is 2.08 bits per heavy atom. The van der Waals surface area contributed by atoms with Crippen LogP contribution in [0.15, 0.2) is 22.7 Å². The number of anilines is 1. The van der Waals surface area contributed by atoms with Crippen molar-refractivity contribution in [2.24, 2.45) is 0 Å².